The number of carbonyl (C=O) groups is 1. The van der Waals surface area contributed by atoms with Crippen LogP contribution in [0, 0.1) is 25.5 Å². The predicted octanol–water partition coefficient (Wildman–Crippen LogP) is 2.82. The van der Waals surface area contributed by atoms with Crippen LogP contribution in [-0.4, -0.2) is 56.7 Å². The lowest BCUT2D eigenvalue weighted by atomic mass is 10.1. The Bertz CT molecular complexity index is 1120. The maximum absolute atomic E-state index is 14.2. The number of benzene rings is 1. The van der Waals surface area contributed by atoms with Crippen LogP contribution < -0.4 is 4.90 Å². The molecule has 31 heavy (non-hydrogen) atoms. The van der Waals surface area contributed by atoms with Crippen molar-refractivity contribution in [2.24, 2.45) is 0 Å². The third kappa shape index (κ3) is 4.55. The molecule has 0 bridgehead atoms. The summed E-state index contributed by atoms with van der Waals surface area (Å²) in [6.45, 7) is 7.90. The molecule has 3 heterocycles. The van der Waals surface area contributed by atoms with Gasteiger partial charge in [0, 0.05) is 57.4 Å². The van der Waals surface area contributed by atoms with E-state index in [9.17, 15) is 13.6 Å². The molecule has 1 aromatic carbocycles. The van der Waals surface area contributed by atoms with Gasteiger partial charge in [0.2, 0.25) is 5.91 Å². The van der Waals surface area contributed by atoms with Gasteiger partial charge >= 0.3 is 0 Å². The number of piperazine rings is 1. The molecule has 0 N–H and O–H groups in total. The zero-order chi connectivity index (χ0) is 22.1. The number of carbonyl (C=O) groups excluding carboxylic acids is 1. The van der Waals surface area contributed by atoms with Crippen LogP contribution in [0.3, 0.4) is 0 Å². The first-order valence-electron chi connectivity index (χ1n) is 10.2. The molecule has 0 unspecified atom stereocenters. The van der Waals surface area contributed by atoms with E-state index in [0.29, 0.717) is 49.2 Å². The van der Waals surface area contributed by atoms with Crippen LogP contribution in [0.15, 0.2) is 30.3 Å². The van der Waals surface area contributed by atoms with Gasteiger partial charge in [0.25, 0.3) is 0 Å². The smallest absolute Gasteiger partial charge is 0.219 e. The lowest BCUT2D eigenvalue weighted by molar-refractivity contribution is -0.129. The number of halogens is 2. The molecular formula is C22H24F2N6O. The highest BCUT2D eigenvalue weighted by Gasteiger charge is 2.22. The Kier molecular flexibility index (Phi) is 5.67. The number of aryl methyl sites for hydroxylation is 2. The summed E-state index contributed by atoms with van der Waals surface area (Å²) in [6, 6.07) is 7.31. The average molecular weight is 426 g/mol. The van der Waals surface area contributed by atoms with E-state index in [2.05, 4.69) is 20.0 Å². The van der Waals surface area contributed by atoms with Gasteiger partial charge in [0.15, 0.2) is 5.82 Å². The molecule has 9 heteroatoms. The first-order chi connectivity index (χ1) is 14.8. The first kappa shape index (κ1) is 20.9. The summed E-state index contributed by atoms with van der Waals surface area (Å²) in [4.78, 5) is 24.8. The third-order valence-corrected chi connectivity index (χ3v) is 5.38. The molecule has 1 aliphatic rings. The van der Waals surface area contributed by atoms with Crippen LogP contribution in [0.4, 0.5) is 14.6 Å². The van der Waals surface area contributed by atoms with E-state index in [-0.39, 0.29) is 12.3 Å². The Labute approximate surface area is 179 Å². The summed E-state index contributed by atoms with van der Waals surface area (Å²) in [5.74, 6) is 0.498. The maximum Gasteiger partial charge on any atom is 0.219 e. The number of amides is 1. The van der Waals surface area contributed by atoms with E-state index in [0.717, 1.165) is 17.5 Å². The largest absolute Gasteiger partial charge is 0.353 e. The van der Waals surface area contributed by atoms with Crippen LogP contribution in [0.25, 0.3) is 5.82 Å². The summed E-state index contributed by atoms with van der Waals surface area (Å²) >= 11 is 0. The zero-order valence-electron chi connectivity index (χ0n) is 17.8. The number of hydrogen-bond donors (Lipinski definition) is 0. The molecule has 1 fully saturated rings. The van der Waals surface area contributed by atoms with E-state index >= 15 is 0 Å². The van der Waals surface area contributed by atoms with Gasteiger partial charge in [0.1, 0.15) is 23.3 Å². The number of anilines is 1. The van der Waals surface area contributed by atoms with Crippen molar-refractivity contribution in [2.75, 3.05) is 31.1 Å². The highest BCUT2D eigenvalue weighted by Crippen LogP contribution is 2.21. The molecule has 1 amide bonds. The van der Waals surface area contributed by atoms with Crippen molar-refractivity contribution in [1.82, 2.24) is 24.6 Å². The fourth-order valence-electron chi connectivity index (χ4n) is 3.77. The van der Waals surface area contributed by atoms with Gasteiger partial charge < -0.3 is 9.80 Å². The quantitative estimate of drug-likeness (QED) is 0.642. The molecule has 1 saturated heterocycles. The minimum absolute atomic E-state index is 0.0538. The van der Waals surface area contributed by atoms with Crippen LogP contribution in [0.2, 0.25) is 0 Å². The number of rotatable bonds is 4. The van der Waals surface area contributed by atoms with Crippen LogP contribution in [-0.2, 0) is 11.2 Å². The summed E-state index contributed by atoms with van der Waals surface area (Å²) < 4.78 is 29.3. The topological polar surface area (TPSA) is 67.2 Å². The highest BCUT2D eigenvalue weighted by molar-refractivity contribution is 5.73. The Morgan fingerprint density at radius 3 is 2.32 bits per heavy atom. The van der Waals surface area contributed by atoms with Crippen LogP contribution >= 0.6 is 0 Å². The summed E-state index contributed by atoms with van der Waals surface area (Å²) in [6.07, 6.45) is 0.125. The van der Waals surface area contributed by atoms with E-state index in [1.165, 1.54) is 12.1 Å². The van der Waals surface area contributed by atoms with Gasteiger partial charge in [0.05, 0.1) is 5.69 Å². The van der Waals surface area contributed by atoms with Crippen molar-refractivity contribution in [3.05, 3.63) is 64.7 Å². The molecular weight excluding hydrogens is 402 g/mol. The molecule has 0 spiro atoms. The Hall–Kier alpha value is -3.36. The minimum atomic E-state index is -0.628. The number of aromatic nitrogens is 4. The average Bonchev–Trinajstić information content (AvgIpc) is 3.08. The first-order valence-corrected chi connectivity index (χ1v) is 10.2. The molecule has 2 aromatic heterocycles. The van der Waals surface area contributed by atoms with Gasteiger partial charge in [-0.15, -0.1) is 0 Å². The Morgan fingerprint density at radius 2 is 1.71 bits per heavy atom. The monoisotopic (exact) mass is 426 g/mol. The van der Waals surface area contributed by atoms with Crippen molar-refractivity contribution in [1.29, 1.82) is 0 Å². The summed E-state index contributed by atoms with van der Waals surface area (Å²) in [5.41, 5.74) is 2.10. The molecule has 0 saturated carbocycles. The van der Waals surface area contributed by atoms with Crippen LogP contribution in [0.1, 0.15) is 29.7 Å². The second-order valence-electron chi connectivity index (χ2n) is 7.75. The molecule has 3 aromatic rings. The van der Waals surface area contributed by atoms with Gasteiger partial charge in [-0.3, -0.25) is 4.79 Å². The van der Waals surface area contributed by atoms with E-state index in [1.807, 2.05) is 26.0 Å². The molecule has 162 valence electrons. The lowest BCUT2D eigenvalue weighted by Crippen LogP contribution is -2.48. The Morgan fingerprint density at radius 1 is 1.00 bits per heavy atom. The van der Waals surface area contributed by atoms with Crippen molar-refractivity contribution in [2.45, 2.75) is 27.2 Å². The maximum atomic E-state index is 14.2. The molecule has 0 atom stereocenters. The van der Waals surface area contributed by atoms with Crippen molar-refractivity contribution in [3.63, 3.8) is 0 Å². The third-order valence-electron chi connectivity index (χ3n) is 5.38. The van der Waals surface area contributed by atoms with Gasteiger partial charge in [-0.05, 0) is 31.5 Å². The SMILES string of the molecule is CC(=O)N1CCN(c2cc(-n3nc(C)cc3C)nc(Cc3ccc(F)cc3F)n2)CC1. The van der Waals surface area contributed by atoms with Gasteiger partial charge in [-0.2, -0.15) is 5.10 Å². The van der Waals surface area contributed by atoms with Gasteiger partial charge in [-0.25, -0.2) is 23.4 Å². The number of hydrogen-bond acceptors (Lipinski definition) is 5. The second kappa shape index (κ2) is 8.41. The standard InChI is InChI=1S/C22H24F2N6O/c1-14-10-15(2)30(27-14)22-13-21(29-8-6-28(7-9-29)16(3)31)25-20(26-22)11-17-4-5-18(23)12-19(17)24/h4-5,10,12-13H,6-9,11H2,1-3H3. The Balaban J connectivity index is 1.70. The zero-order valence-corrected chi connectivity index (χ0v) is 17.8. The molecule has 0 radical (unpaired) electrons. The predicted molar refractivity (Wildman–Crippen MR) is 112 cm³/mol. The fraction of sp³-hybridized carbons (Fsp3) is 0.364. The molecule has 1 aliphatic heterocycles. The van der Waals surface area contributed by atoms with E-state index in [1.54, 1.807) is 16.5 Å². The molecule has 7 nitrogen and oxygen atoms in total. The number of nitrogens with zero attached hydrogens (tertiary/aromatic N) is 6. The molecule has 4 rings (SSSR count). The summed E-state index contributed by atoms with van der Waals surface area (Å²) in [5, 5.41) is 4.51. The van der Waals surface area contributed by atoms with Gasteiger partial charge in [-0.1, -0.05) is 6.07 Å². The summed E-state index contributed by atoms with van der Waals surface area (Å²) in [7, 11) is 0. The molecule has 0 aliphatic carbocycles. The minimum Gasteiger partial charge on any atom is -0.353 e. The van der Waals surface area contributed by atoms with E-state index in [4.69, 9.17) is 0 Å². The van der Waals surface area contributed by atoms with Crippen molar-refractivity contribution < 1.29 is 13.6 Å². The fourth-order valence-corrected chi connectivity index (χ4v) is 3.77. The van der Waals surface area contributed by atoms with Crippen molar-refractivity contribution >= 4 is 11.7 Å². The highest BCUT2D eigenvalue weighted by atomic mass is 19.1. The second-order valence-corrected chi connectivity index (χ2v) is 7.75. The van der Waals surface area contributed by atoms with Crippen molar-refractivity contribution in [3.8, 4) is 5.82 Å². The lowest BCUT2D eigenvalue weighted by Gasteiger charge is -2.35. The van der Waals surface area contributed by atoms with E-state index < -0.39 is 11.6 Å². The van der Waals surface area contributed by atoms with Crippen LogP contribution in [0.5, 0.6) is 0 Å². The normalized spacial score (nSPS) is 14.2.